The number of rotatable bonds is 3. The molecule has 0 aliphatic carbocycles. The van der Waals surface area contributed by atoms with Crippen LogP contribution in [-0.2, 0) is 11.2 Å². The smallest absolute Gasteiger partial charge is 0.255 e. The average molecular weight is 306 g/mol. The zero-order chi connectivity index (χ0) is 15.7. The van der Waals surface area contributed by atoms with Gasteiger partial charge in [0.1, 0.15) is 0 Å². The Kier molecular flexibility index (Phi) is 4.31. The molecule has 1 aromatic rings. The maximum Gasteiger partial charge on any atom is 0.255 e. The molecule has 3 heterocycles. The predicted octanol–water partition coefficient (Wildman–Crippen LogP) is 1.22. The van der Waals surface area contributed by atoms with Crippen molar-refractivity contribution >= 4 is 5.91 Å². The SMILES string of the molecule is COc1ccc2c(n1)CCC1CC[C@@H](C(O)OC)CN1C2=O. The monoisotopic (exact) mass is 306 g/mol. The Bertz CT molecular complexity index is 563. The molecule has 22 heavy (non-hydrogen) atoms. The molecule has 1 aromatic heterocycles. The maximum atomic E-state index is 12.8. The average Bonchev–Trinajstić information content (AvgIpc) is 2.70. The van der Waals surface area contributed by atoms with Crippen molar-refractivity contribution in [1.82, 2.24) is 9.88 Å². The summed E-state index contributed by atoms with van der Waals surface area (Å²) in [5, 5.41) is 9.90. The number of hydrogen-bond donors (Lipinski definition) is 1. The number of amides is 1. The maximum absolute atomic E-state index is 12.8. The molecule has 1 N–H and O–H groups in total. The van der Waals surface area contributed by atoms with Crippen molar-refractivity contribution in [2.24, 2.45) is 5.92 Å². The fourth-order valence-corrected chi connectivity index (χ4v) is 3.47. The molecule has 6 nitrogen and oxygen atoms in total. The van der Waals surface area contributed by atoms with Crippen LogP contribution in [0.2, 0.25) is 0 Å². The lowest BCUT2D eigenvalue weighted by Crippen LogP contribution is -2.49. The molecule has 6 heteroatoms. The number of pyridine rings is 1. The van der Waals surface area contributed by atoms with Crippen molar-refractivity contribution in [3.8, 4) is 5.88 Å². The van der Waals surface area contributed by atoms with E-state index in [1.807, 2.05) is 4.90 Å². The summed E-state index contributed by atoms with van der Waals surface area (Å²) in [5.41, 5.74) is 1.46. The second-order valence-electron chi connectivity index (χ2n) is 5.96. The molecule has 1 saturated heterocycles. The van der Waals surface area contributed by atoms with Crippen LogP contribution in [0.4, 0.5) is 0 Å². The highest BCUT2D eigenvalue weighted by molar-refractivity contribution is 5.96. The second kappa shape index (κ2) is 6.22. The molecule has 2 unspecified atom stereocenters. The standard InChI is InChI=1S/C16H22N2O4/c1-21-14-8-6-12-13(17-14)7-5-11-4-3-10(16(20)22-2)9-18(11)15(12)19/h6,8,10-11,16,20H,3-5,7,9H2,1-2H3/t10-,11?,16?/m1/s1. The highest BCUT2D eigenvalue weighted by Crippen LogP contribution is 2.32. The fraction of sp³-hybridized carbons (Fsp3) is 0.625. The Morgan fingerprint density at radius 2 is 2.14 bits per heavy atom. The van der Waals surface area contributed by atoms with Gasteiger partial charge >= 0.3 is 0 Å². The molecule has 0 bridgehead atoms. The first-order chi connectivity index (χ1) is 10.6. The van der Waals surface area contributed by atoms with Crippen molar-refractivity contribution in [2.75, 3.05) is 20.8 Å². The minimum Gasteiger partial charge on any atom is -0.481 e. The van der Waals surface area contributed by atoms with Gasteiger partial charge in [-0.25, -0.2) is 4.98 Å². The minimum absolute atomic E-state index is 0.000608. The van der Waals surface area contributed by atoms with E-state index in [0.29, 0.717) is 18.0 Å². The Morgan fingerprint density at radius 1 is 1.32 bits per heavy atom. The quantitative estimate of drug-likeness (QED) is 0.850. The van der Waals surface area contributed by atoms with Crippen molar-refractivity contribution < 1.29 is 19.4 Å². The lowest BCUT2D eigenvalue weighted by atomic mass is 9.90. The topological polar surface area (TPSA) is 71.9 Å². The molecular weight excluding hydrogens is 284 g/mol. The summed E-state index contributed by atoms with van der Waals surface area (Å²) in [5.74, 6) is 0.512. The summed E-state index contributed by atoms with van der Waals surface area (Å²) in [6, 6.07) is 3.73. The van der Waals surface area contributed by atoms with Crippen LogP contribution in [0.25, 0.3) is 0 Å². The van der Waals surface area contributed by atoms with Gasteiger partial charge in [0.2, 0.25) is 5.88 Å². The number of aryl methyl sites for hydroxylation is 1. The number of aliphatic hydroxyl groups excluding tert-OH is 1. The van der Waals surface area contributed by atoms with Gasteiger partial charge in [-0.1, -0.05) is 0 Å². The second-order valence-corrected chi connectivity index (χ2v) is 5.96. The number of ether oxygens (including phenoxy) is 2. The van der Waals surface area contributed by atoms with Crippen LogP contribution in [0.3, 0.4) is 0 Å². The molecule has 2 aliphatic rings. The highest BCUT2D eigenvalue weighted by Gasteiger charge is 2.37. The minimum atomic E-state index is -0.814. The number of carbonyl (C=O) groups excluding carboxylic acids is 1. The van der Waals surface area contributed by atoms with Crippen LogP contribution in [0.1, 0.15) is 35.3 Å². The number of carbonyl (C=O) groups is 1. The van der Waals surface area contributed by atoms with Gasteiger partial charge in [-0.2, -0.15) is 0 Å². The van der Waals surface area contributed by atoms with E-state index in [1.165, 1.54) is 7.11 Å². The van der Waals surface area contributed by atoms with Crippen LogP contribution in [0.5, 0.6) is 5.88 Å². The predicted molar refractivity (Wildman–Crippen MR) is 79.7 cm³/mol. The normalized spacial score (nSPS) is 26.0. The van der Waals surface area contributed by atoms with Gasteiger partial charge in [-0.05, 0) is 31.7 Å². The van der Waals surface area contributed by atoms with Crippen LogP contribution in [0, 0.1) is 5.92 Å². The molecule has 0 saturated carbocycles. The van der Waals surface area contributed by atoms with Crippen LogP contribution >= 0.6 is 0 Å². The van der Waals surface area contributed by atoms with Gasteiger partial charge < -0.3 is 19.5 Å². The van der Waals surface area contributed by atoms with Crippen molar-refractivity contribution in [1.29, 1.82) is 0 Å². The van der Waals surface area contributed by atoms with E-state index in [2.05, 4.69) is 4.98 Å². The molecule has 1 amide bonds. The Morgan fingerprint density at radius 3 is 2.86 bits per heavy atom. The van der Waals surface area contributed by atoms with Crippen molar-refractivity contribution in [2.45, 2.75) is 38.0 Å². The fourth-order valence-electron chi connectivity index (χ4n) is 3.47. The Balaban J connectivity index is 1.87. The molecule has 1 fully saturated rings. The van der Waals surface area contributed by atoms with Gasteiger partial charge in [0.15, 0.2) is 6.29 Å². The Hall–Kier alpha value is -1.66. The molecule has 0 spiro atoms. The number of aromatic nitrogens is 1. The zero-order valence-corrected chi connectivity index (χ0v) is 13.0. The summed E-state index contributed by atoms with van der Waals surface area (Å²) in [6.07, 6.45) is 2.62. The van der Waals surface area contributed by atoms with Gasteiger partial charge in [0.05, 0.1) is 18.4 Å². The summed E-state index contributed by atoms with van der Waals surface area (Å²) in [6.45, 7) is 0.532. The van der Waals surface area contributed by atoms with Gasteiger partial charge in [0, 0.05) is 31.7 Å². The summed E-state index contributed by atoms with van der Waals surface area (Å²) >= 11 is 0. The summed E-state index contributed by atoms with van der Waals surface area (Å²) in [7, 11) is 3.07. The first-order valence-corrected chi connectivity index (χ1v) is 7.69. The lowest BCUT2D eigenvalue weighted by Gasteiger charge is -2.39. The molecule has 2 aliphatic heterocycles. The third-order valence-electron chi connectivity index (χ3n) is 4.75. The molecule has 120 valence electrons. The highest BCUT2D eigenvalue weighted by atomic mass is 16.6. The first-order valence-electron chi connectivity index (χ1n) is 7.69. The third-order valence-corrected chi connectivity index (χ3v) is 4.75. The van der Waals surface area contributed by atoms with Gasteiger partial charge in [0.25, 0.3) is 5.91 Å². The van der Waals surface area contributed by atoms with E-state index in [1.54, 1.807) is 19.2 Å². The number of aliphatic hydroxyl groups is 1. The summed E-state index contributed by atoms with van der Waals surface area (Å²) in [4.78, 5) is 19.2. The van der Waals surface area contributed by atoms with Crippen LogP contribution in [0.15, 0.2) is 12.1 Å². The molecular formula is C16H22N2O4. The number of methoxy groups -OCH3 is 2. The van der Waals surface area contributed by atoms with E-state index in [9.17, 15) is 9.90 Å². The van der Waals surface area contributed by atoms with E-state index >= 15 is 0 Å². The molecule has 0 radical (unpaired) electrons. The molecule has 3 rings (SSSR count). The number of hydrogen-bond acceptors (Lipinski definition) is 5. The van der Waals surface area contributed by atoms with Crippen molar-refractivity contribution in [3.05, 3.63) is 23.4 Å². The summed E-state index contributed by atoms with van der Waals surface area (Å²) < 4.78 is 10.2. The number of fused-ring (bicyclic) bond motifs is 2. The number of piperidine rings is 1. The van der Waals surface area contributed by atoms with E-state index in [0.717, 1.165) is 31.4 Å². The van der Waals surface area contributed by atoms with E-state index < -0.39 is 6.29 Å². The Labute approximate surface area is 130 Å². The van der Waals surface area contributed by atoms with Crippen LogP contribution < -0.4 is 4.74 Å². The third kappa shape index (κ3) is 2.68. The van der Waals surface area contributed by atoms with E-state index in [4.69, 9.17) is 9.47 Å². The van der Waals surface area contributed by atoms with E-state index in [-0.39, 0.29) is 17.9 Å². The van der Waals surface area contributed by atoms with Crippen LogP contribution in [-0.4, -0.2) is 54.0 Å². The number of nitrogens with zero attached hydrogens (tertiary/aromatic N) is 2. The molecule has 0 aromatic carbocycles. The largest absolute Gasteiger partial charge is 0.481 e. The molecule has 3 atom stereocenters. The van der Waals surface area contributed by atoms with Gasteiger partial charge in [-0.3, -0.25) is 4.79 Å². The first kappa shape index (κ1) is 15.2. The van der Waals surface area contributed by atoms with Crippen molar-refractivity contribution in [3.63, 3.8) is 0 Å². The zero-order valence-electron chi connectivity index (χ0n) is 13.0. The van der Waals surface area contributed by atoms with Gasteiger partial charge in [-0.15, -0.1) is 0 Å². The lowest BCUT2D eigenvalue weighted by molar-refractivity contribution is -0.127.